The number of benzene rings is 2. The highest BCUT2D eigenvalue weighted by molar-refractivity contribution is 5.79. The lowest BCUT2D eigenvalue weighted by molar-refractivity contribution is 0.345. The zero-order chi connectivity index (χ0) is 22.0. The van der Waals surface area contributed by atoms with Crippen LogP contribution in [0.1, 0.15) is 37.9 Å². The largest absolute Gasteiger partial charge is 0.493 e. The van der Waals surface area contributed by atoms with Gasteiger partial charge in [-0.25, -0.2) is 0 Å². The Kier molecular flexibility index (Phi) is 8.99. The van der Waals surface area contributed by atoms with Gasteiger partial charge in [0.05, 0.1) is 14.2 Å². The Balaban J connectivity index is 1.81. The number of nitrogens with zero attached hydrogens (tertiary/aromatic N) is 1. The molecule has 0 aliphatic rings. The van der Waals surface area contributed by atoms with E-state index in [4.69, 9.17) is 9.47 Å². The molecule has 1 atom stereocenters. The van der Waals surface area contributed by atoms with Crippen LogP contribution in [0, 0.1) is 0 Å². The van der Waals surface area contributed by atoms with E-state index in [1.807, 2.05) is 18.2 Å². The lowest BCUT2D eigenvalue weighted by atomic mass is 10.0. The molecule has 0 bridgehead atoms. The normalized spacial score (nSPS) is 12.9. The van der Waals surface area contributed by atoms with Crippen LogP contribution in [0.15, 0.2) is 53.5 Å². The molecule has 0 saturated carbocycles. The van der Waals surface area contributed by atoms with E-state index in [1.165, 1.54) is 11.1 Å². The molecule has 0 heterocycles. The van der Waals surface area contributed by atoms with Crippen LogP contribution in [-0.4, -0.2) is 45.9 Å². The van der Waals surface area contributed by atoms with Gasteiger partial charge in [0.25, 0.3) is 0 Å². The SMILES string of the molecule is CN=C(NCCc1ccc(OC)c(OC)c1)NCC(C)(C)NC(C)c1ccccc1. The highest BCUT2D eigenvalue weighted by Crippen LogP contribution is 2.27. The van der Waals surface area contributed by atoms with Crippen LogP contribution in [0.4, 0.5) is 0 Å². The summed E-state index contributed by atoms with van der Waals surface area (Å²) in [7, 11) is 5.09. The molecule has 0 fully saturated rings. The maximum Gasteiger partial charge on any atom is 0.191 e. The maximum atomic E-state index is 5.38. The van der Waals surface area contributed by atoms with Gasteiger partial charge in [0.2, 0.25) is 0 Å². The minimum Gasteiger partial charge on any atom is -0.493 e. The standard InChI is InChI=1S/C24H36N4O2/c1-18(20-10-8-7-9-11-20)28-24(2,3)17-27-23(25-4)26-15-14-19-12-13-21(29-5)22(16-19)30-6/h7-13,16,18,28H,14-15,17H2,1-6H3,(H2,25,26,27). The van der Waals surface area contributed by atoms with Crippen LogP contribution < -0.4 is 25.4 Å². The first kappa shape index (κ1) is 23.5. The fourth-order valence-electron chi connectivity index (χ4n) is 3.35. The van der Waals surface area contributed by atoms with E-state index in [2.05, 4.69) is 72.0 Å². The molecule has 3 N–H and O–H groups in total. The van der Waals surface area contributed by atoms with Gasteiger partial charge in [-0.1, -0.05) is 36.4 Å². The van der Waals surface area contributed by atoms with Gasteiger partial charge in [0.15, 0.2) is 17.5 Å². The molecule has 0 saturated heterocycles. The van der Waals surface area contributed by atoms with Gasteiger partial charge in [-0.15, -0.1) is 0 Å². The third-order valence-corrected chi connectivity index (χ3v) is 4.98. The number of hydrogen-bond donors (Lipinski definition) is 3. The number of ether oxygens (including phenoxy) is 2. The molecule has 2 aromatic rings. The molecule has 0 amide bonds. The average molecular weight is 413 g/mol. The summed E-state index contributed by atoms with van der Waals surface area (Å²) >= 11 is 0. The molecule has 6 nitrogen and oxygen atoms in total. The molecule has 2 aromatic carbocycles. The highest BCUT2D eigenvalue weighted by Gasteiger charge is 2.21. The van der Waals surface area contributed by atoms with Crippen molar-refractivity contribution in [1.82, 2.24) is 16.0 Å². The first-order valence-electron chi connectivity index (χ1n) is 10.4. The topological polar surface area (TPSA) is 66.9 Å². The molecular weight excluding hydrogens is 376 g/mol. The van der Waals surface area contributed by atoms with E-state index in [0.717, 1.165) is 37.0 Å². The lowest BCUT2D eigenvalue weighted by Gasteiger charge is -2.31. The minimum absolute atomic E-state index is 0.101. The number of nitrogens with one attached hydrogen (secondary N) is 3. The molecule has 0 spiro atoms. The summed E-state index contributed by atoms with van der Waals surface area (Å²) < 4.78 is 10.7. The van der Waals surface area contributed by atoms with Gasteiger partial charge in [-0.05, 0) is 50.5 Å². The van der Waals surface area contributed by atoms with Crippen molar-refractivity contribution in [2.24, 2.45) is 4.99 Å². The van der Waals surface area contributed by atoms with E-state index in [9.17, 15) is 0 Å². The first-order chi connectivity index (χ1) is 14.4. The Bertz CT molecular complexity index is 806. The smallest absolute Gasteiger partial charge is 0.191 e. The van der Waals surface area contributed by atoms with Crippen LogP contribution in [0.3, 0.4) is 0 Å². The van der Waals surface area contributed by atoms with E-state index in [1.54, 1.807) is 21.3 Å². The molecule has 30 heavy (non-hydrogen) atoms. The van der Waals surface area contributed by atoms with Gasteiger partial charge in [-0.3, -0.25) is 4.99 Å². The third kappa shape index (κ3) is 7.26. The van der Waals surface area contributed by atoms with Crippen LogP contribution in [0.2, 0.25) is 0 Å². The molecule has 0 aliphatic carbocycles. The number of methoxy groups -OCH3 is 2. The van der Waals surface area contributed by atoms with Crippen molar-refractivity contribution in [3.8, 4) is 11.5 Å². The van der Waals surface area contributed by atoms with Crippen LogP contribution >= 0.6 is 0 Å². The predicted molar refractivity (Wildman–Crippen MR) is 125 cm³/mol. The second kappa shape index (κ2) is 11.5. The van der Waals surface area contributed by atoms with Gasteiger partial charge in [0.1, 0.15) is 0 Å². The van der Waals surface area contributed by atoms with Crippen molar-refractivity contribution >= 4 is 5.96 Å². The molecule has 164 valence electrons. The fraction of sp³-hybridized carbons (Fsp3) is 0.458. The third-order valence-electron chi connectivity index (χ3n) is 4.98. The van der Waals surface area contributed by atoms with Crippen molar-refractivity contribution in [2.45, 2.75) is 38.8 Å². The number of hydrogen-bond acceptors (Lipinski definition) is 4. The average Bonchev–Trinajstić information content (AvgIpc) is 2.76. The van der Waals surface area contributed by atoms with Crippen molar-refractivity contribution in [1.29, 1.82) is 0 Å². The Morgan fingerprint density at radius 2 is 1.70 bits per heavy atom. The molecule has 6 heteroatoms. The fourth-order valence-corrected chi connectivity index (χ4v) is 3.35. The Morgan fingerprint density at radius 1 is 1.00 bits per heavy atom. The number of rotatable bonds is 10. The van der Waals surface area contributed by atoms with Gasteiger partial charge in [0, 0.05) is 31.7 Å². The summed E-state index contributed by atoms with van der Waals surface area (Å²) in [5.41, 5.74) is 2.35. The second-order valence-electron chi connectivity index (χ2n) is 7.95. The van der Waals surface area contributed by atoms with E-state index in [-0.39, 0.29) is 11.6 Å². The molecule has 0 radical (unpaired) electrons. The molecule has 0 aliphatic heterocycles. The summed E-state index contributed by atoms with van der Waals surface area (Å²) in [6.07, 6.45) is 0.855. The Labute approximate surface area is 181 Å². The zero-order valence-corrected chi connectivity index (χ0v) is 19.1. The Morgan fingerprint density at radius 3 is 2.33 bits per heavy atom. The van der Waals surface area contributed by atoms with Crippen LogP contribution in [0.25, 0.3) is 0 Å². The molecular formula is C24H36N4O2. The molecule has 1 unspecified atom stereocenters. The van der Waals surface area contributed by atoms with Crippen LogP contribution in [0.5, 0.6) is 11.5 Å². The van der Waals surface area contributed by atoms with Crippen molar-refractivity contribution < 1.29 is 9.47 Å². The summed E-state index contributed by atoms with van der Waals surface area (Å²) in [5, 5.41) is 10.5. The van der Waals surface area contributed by atoms with Crippen molar-refractivity contribution in [3.05, 3.63) is 59.7 Å². The first-order valence-corrected chi connectivity index (χ1v) is 10.4. The lowest BCUT2D eigenvalue weighted by Crippen LogP contribution is -2.52. The highest BCUT2D eigenvalue weighted by atomic mass is 16.5. The van der Waals surface area contributed by atoms with Crippen molar-refractivity contribution in [2.75, 3.05) is 34.4 Å². The Hall–Kier alpha value is -2.73. The monoisotopic (exact) mass is 412 g/mol. The summed E-state index contributed by atoms with van der Waals surface area (Å²) in [4.78, 5) is 4.34. The van der Waals surface area contributed by atoms with E-state index in [0.29, 0.717) is 0 Å². The van der Waals surface area contributed by atoms with Gasteiger partial charge >= 0.3 is 0 Å². The molecule has 0 aromatic heterocycles. The van der Waals surface area contributed by atoms with Gasteiger partial charge in [-0.2, -0.15) is 0 Å². The quantitative estimate of drug-likeness (QED) is 0.411. The second-order valence-corrected chi connectivity index (χ2v) is 7.95. The van der Waals surface area contributed by atoms with Gasteiger partial charge < -0.3 is 25.4 Å². The summed E-state index contributed by atoms with van der Waals surface area (Å²) in [5.74, 6) is 2.28. The van der Waals surface area contributed by atoms with E-state index < -0.39 is 0 Å². The summed E-state index contributed by atoms with van der Waals surface area (Å²) in [6.45, 7) is 8.09. The number of guanidine groups is 1. The summed E-state index contributed by atoms with van der Waals surface area (Å²) in [6, 6.07) is 16.7. The zero-order valence-electron chi connectivity index (χ0n) is 19.1. The molecule has 2 rings (SSSR count). The predicted octanol–water partition coefficient (Wildman–Crippen LogP) is 3.54. The van der Waals surface area contributed by atoms with E-state index >= 15 is 0 Å². The van der Waals surface area contributed by atoms with Crippen molar-refractivity contribution in [3.63, 3.8) is 0 Å². The minimum atomic E-state index is -0.101. The van der Waals surface area contributed by atoms with Crippen LogP contribution in [-0.2, 0) is 6.42 Å². The maximum absolute atomic E-state index is 5.38. The number of aliphatic imine (C=N–C) groups is 1.